The quantitative estimate of drug-likeness (QED) is 0.918. The van der Waals surface area contributed by atoms with Gasteiger partial charge in [0.15, 0.2) is 0 Å². The van der Waals surface area contributed by atoms with E-state index in [-0.39, 0.29) is 6.10 Å². The molecule has 2 rings (SSSR count). The van der Waals surface area contributed by atoms with Crippen molar-refractivity contribution in [1.29, 1.82) is 0 Å². The van der Waals surface area contributed by atoms with Crippen molar-refractivity contribution in [3.05, 3.63) is 34.3 Å². The molecule has 0 saturated carbocycles. The van der Waals surface area contributed by atoms with Gasteiger partial charge < -0.3 is 10.0 Å². The molecule has 1 aliphatic heterocycles. The van der Waals surface area contributed by atoms with Crippen LogP contribution >= 0.6 is 15.9 Å². The summed E-state index contributed by atoms with van der Waals surface area (Å²) in [7, 11) is 0. The molecule has 1 heterocycles. The van der Waals surface area contributed by atoms with Gasteiger partial charge in [0.05, 0.1) is 6.10 Å². The van der Waals surface area contributed by atoms with Crippen molar-refractivity contribution in [2.45, 2.75) is 32.8 Å². The molecule has 0 aliphatic carbocycles. The van der Waals surface area contributed by atoms with E-state index in [1.54, 1.807) is 0 Å². The normalized spacial score (nSPS) is 21.1. The van der Waals surface area contributed by atoms with Crippen LogP contribution in [0.3, 0.4) is 0 Å². The van der Waals surface area contributed by atoms with Crippen LogP contribution in [0, 0.1) is 5.41 Å². The smallest absolute Gasteiger partial charge is 0.0802 e. The Balaban J connectivity index is 1.84. The van der Waals surface area contributed by atoms with E-state index in [1.165, 1.54) is 6.42 Å². The Bertz CT molecular complexity index is 405. The number of likely N-dealkylation sites (tertiary alicyclic amines) is 1. The van der Waals surface area contributed by atoms with Gasteiger partial charge in [0.2, 0.25) is 0 Å². The van der Waals surface area contributed by atoms with Crippen molar-refractivity contribution >= 4 is 15.9 Å². The molecule has 2 nitrogen and oxygen atoms in total. The van der Waals surface area contributed by atoms with Gasteiger partial charge in [0, 0.05) is 17.6 Å². The minimum absolute atomic E-state index is 0.355. The SMILES string of the molecule is CC1(C)CCN(CCC(O)c2cccc(Br)c2)C1. The molecule has 1 unspecified atom stereocenters. The van der Waals surface area contributed by atoms with Gasteiger partial charge in [-0.15, -0.1) is 0 Å². The summed E-state index contributed by atoms with van der Waals surface area (Å²) in [4.78, 5) is 2.46. The summed E-state index contributed by atoms with van der Waals surface area (Å²) in [6.07, 6.45) is 1.72. The lowest BCUT2D eigenvalue weighted by atomic mass is 9.93. The van der Waals surface area contributed by atoms with E-state index >= 15 is 0 Å². The molecule has 1 saturated heterocycles. The lowest BCUT2D eigenvalue weighted by molar-refractivity contribution is 0.146. The van der Waals surface area contributed by atoms with Gasteiger partial charge >= 0.3 is 0 Å². The molecule has 18 heavy (non-hydrogen) atoms. The summed E-state index contributed by atoms with van der Waals surface area (Å²) < 4.78 is 1.03. The maximum atomic E-state index is 10.2. The van der Waals surface area contributed by atoms with Crippen molar-refractivity contribution in [2.24, 2.45) is 5.41 Å². The van der Waals surface area contributed by atoms with Gasteiger partial charge in [0.1, 0.15) is 0 Å². The van der Waals surface area contributed by atoms with Gasteiger partial charge in [-0.1, -0.05) is 41.9 Å². The molecule has 1 aromatic carbocycles. The Labute approximate surface area is 118 Å². The fourth-order valence-electron chi connectivity index (χ4n) is 2.60. The second-order valence-electron chi connectivity index (χ2n) is 6.05. The van der Waals surface area contributed by atoms with Crippen LogP contribution in [0.5, 0.6) is 0 Å². The summed E-state index contributed by atoms with van der Waals surface area (Å²) in [5, 5.41) is 10.2. The van der Waals surface area contributed by atoms with E-state index in [4.69, 9.17) is 0 Å². The van der Waals surface area contributed by atoms with Crippen LogP contribution in [0.1, 0.15) is 38.4 Å². The zero-order valence-corrected chi connectivity index (χ0v) is 12.8. The molecular weight excluding hydrogens is 290 g/mol. The fourth-order valence-corrected chi connectivity index (χ4v) is 3.02. The molecule has 1 fully saturated rings. The number of halogens is 1. The van der Waals surface area contributed by atoms with Crippen molar-refractivity contribution in [2.75, 3.05) is 19.6 Å². The molecule has 0 spiro atoms. The molecule has 1 N–H and O–H groups in total. The third-order valence-electron chi connectivity index (χ3n) is 3.71. The topological polar surface area (TPSA) is 23.5 Å². The predicted molar refractivity (Wildman–Crippen MR) is 78.6 cm³/mol. The van der Waals surface area contributed by atoms with Gasteiger partial charge in [-0.3, -0.25) is 0 Å². The highest BCUT2D eigenvalue weighted by Gasteiger charge is 2.28. The van der Waals surface area contributed by atoms with Crippen LogP contribution in [0.15, 0.2) is 28.7 Å². The fraction of sp³-hybridized carbons (Fsp3) is 0.600. The summed E-state index contributed by atoms with van der Waals surface area (Å²) in [5.74, 6) is 0. The second kappa shape index (κ2) is 5.72. The van der Waals surface area contributed by atoms with Crippen LogP contribution in [-0.4, -0.2) is 29.6 Å². The zero-order valence-electron chi connectivity index (χ0n) is 11.2. The molecule has 1 aromatic rings. The number of hydrogen-bond donors (Lipinski definition) is 1. The van der Waals surface area contributed by atoms with Crippen molar-refractivity contribution in [3.63, 3.8) is 0 Å². The van der Waals surface area contributed by atoms with E-state index in [9.17, 15) is 5.11 Å². The number of benzene rings is 1. The highest BCUT2D eigenvalue weighted by atomic mass is 79.9. The summed E-state index contributed by atoms with van der Waals surface area (Å²) in [6, 6.07) is 7.95. The first-order valence-electron chi connectivity index (χ1n) is 6.62. The lowest BCUT2D eigenvalue weighted by Gasteiger charge is -2.21. The van der Waals surface area contributed by atoms with Crippen molar-refractivity contribution in [3.8, 4) is 0 Å². The van der Waals surface area contributed by atoms with Crippen LogP contribution in [0.2, 0.25) is 0 Å². The third-order valence-corrected chi connectivity index (χ3v) is 4.20. The maximum absolute atomic E-state index is 10.2. The molecule has 3 heteroatoms. The molecule has 0 bridgehead atoms. The summed E-state index contributed by atoms with van der Waals surface area (Å²) >= 11 is 3.44. The van der Waals surface area contributed by atoms with Crippen LogP contribution in [-0.2, 0) is 0 Å². The third kappa shape index (κ3) is 3.81. The minimum atomic E-state index is -0.355. The van der Waals surface area contributed by atoms with E-state index in [1.807, 2.05) is 24.3 Å². The average Bonchev–Trinajstić information content (AvgIpc) is 2.66. The number of aliphatic hydroxyl groups excluding tert-OH is 1. The highest BCUT2D eigenvalue weighted by molar-refractivity contribution is 9.10. The maximum Gasteiger partial charge on any atom is 0.0802 e. The molecule has 1 aliphatic rings. The van der Waals surface area contributed by atoms with Gasteiger partial charge in [-0.05, 0) is 42.5 Å². The number of rotatable bonds is 4. The Kier molecular flexibility index (Phi) is 4.46. The highest BCUT2D eigenvalue weighted by Crippen LogP contribution is 2.29. The number of aliphatic hydroxyl groups is 1. The first kappa shape index (κ1) is 14.0. The minimum Gasteiger partial charge on any atom is -0.388 e. The largest absolute Gasteiger partial charge is 0.388 e. The molecular formula is C15H22BrNO. The Morgan fingerprint density at radius 1 is 1.44 bits per heavy atom. The lowest BCUT2D eigenvalue weighted by Crippen LogP contribution is -2.25. The van der Waals surface area contributed by atoms with E-state index in [0.717, 1.165) is 36.1 Å². The van der Waals surface area contributed by atoms with Crippen molar-refractivity contribution in [1.82, 2.24) is 4.90 Å². The Morgan fingerprint density at radius 2 is 2.22 bits per heavy atom. The monoisotopic (exact) mass is 311 g/mol. The molecule has 0 amide bonds. The molecule has 1 atom stereocenters. The first-order valence-corrected chi connectivity index (χ1v) is 7.41. The van der Waals surface area contributed by atoms with E-state index in [2.05, 4.69) is 34.7 Å². The van der Waals surface area contributed by atoms with Gasteiger partial charge in [-0.25, -0.2) is 0 Å². The Morgan fingerprint density at radius 3 is 2.83 bits per heavy atom. The van der Waals surface area contributed by atoms with Crippen LogP contribution in [0.4, 0.5) is 0 Å². The summed E-state index contributed by atoms with van der Waals surface area (Å²) in [5.41, 5.74) is 1.45. The number of nitrogens with zero attached hydrogens (tertiary/aromatic N) is 1. The Hall–Kier alpha value is -0.380. The molecule has 100 valence electrons. The predicted octanol–water partition coefficient (Wildman–Crippen LogP) is 3.60. The second-order valence-corrected chi connectivity index (χ2v) is 6.97. The molecule has 0 aromatic heterocycles. The van der Waals surface area contributed by atoms with E-state index < -0.39 is 0 Å². The average molecular weight is 312 g/mol. The standard InChI is InChI=1S/C15H22BrNO/c1-15(2)7-9-17(11-15)8-6-14(18)12-4-3-5-13(16)10-12/h3-5,10,14,18H,6-9,11H2,1-2H3. The summed E-state index contributed by atoms with van der Waals surface area (Å²) in [6.45, 7) is 7.93. The van der Waals surface area contributed by atoms with Gasteiger partial charge in [-0.2, -0.15) is 0 Å². The van der Waals surface area contributed by atoms with Crippen molar-refractivity contribution < 1.29 is 5.11 Å². The first-order chi connectivity index (χ1) is 8.46. The van der Waals surface area contributed by atoms with Crippen LogP contribution in [0.25, 0.3) is 0 Å². The van der Waals surface area contributed by atoms with Crippen LogP contribution < -0.4 is 0 Å². The number of hydrogen-bond acceptors (Lipinski definition) is 2. The zero-order chi connectivity index (χ0) is 13.2. The van der Waals surface area contributed by atoms with Gasteiger partial charge in [0.25, 0.3) is 0 Å². The molecule has 0 radical (unpaired) electrons. The van der Waals surface area contributed by atoms with E-state index in [0.29, 0.717) is 5.41 Å².